The maximum atomic E-state index is 14.2. The van der Waals surface area contributed by atoms with Crippen molar-refractivity contribution in [3.63, 3.8) is 0 Å². The average Bonchev–Trinajstić information content (AvgIpc) is 2.34. The molecule has 0 radical (unpaired) electrons. The van der Waals surface area contributed by atoms with Crippen LogP contribution in [0.5, 0.6) is 0 Å². The summed E-state index contributed by atoms with van der Waals surface area (Å²) < 4.78 is 14.2. The van der Waals surface area contributed by atoms with Crippen molar-refractivity contribution in [2.75, 3.05) is 0 Å². The zero-order chi connectivity index (χ0) is 14.0. The highest BCUT2D eigenvalue weighted by atomic mass is 35.5. The Bertz CT molecular complexity index is 578. The average molecular weight is 280 g/mol. The van der Waals surface area contributed by atoms with Gasteiger partial charge in [0.2, 0.25) is 0 Å². The lowest BCUT2D eigenvalue weighted by molar-refractivity contribution is 0.549. The van der Waals surface area contributed by atoms with Crippen molar-refractivity contribution in [1.82, 2.24) is 10.4 Å². The first-order valence-electron chi connectivity index (χ1n) is 5.87. The molecule has 0 spiro atoms. The molecule has 1 atom stereocenters. The molecule has 1 aromatic carbocycles. The van der Waals surface area contributed by atoms with Gasteiger partial charge in [-0.25, -0.2) is 9.82 Å². The quantitative estimate of drug-likeness (QED) is 0.671. The Balaban J connectivity index is 2.58. The zero-order valence-electron chi connectivity index (χ0n) is 10.7. The summed E-state index contributed by atoms with van der Waals surface area (Å²) in [7, 11) is 0. The first-order chi connectivity index (χ1) is 9.04. The minimum atomic E-state index is -0.575. The molecule has 3 N–H and O–H groups in total. The molecule has 0 fully saturated rings. The van der Waals surface area contributed by atoms with Crippen molar-refractivity contribution >= 4 is 11.6 Å². The molecule has 3 nitrogen and oxygen atoms in total. The van der Waals surface area contributed by atoms with Crippen LogP contribution in [-0.2, 0) is 0 Å². The summed E-state index contributed by atoms with van der Waals surface area (Å²) in [5, 5.41) is 0.449. The molecular formula is C14H15ClFN3. The van der Waals surface area contributed by atoms with Gasteiger partial charge in [0.05, 0.1) is 16.8 Å². The number of hydrogen-bond donors (Lipinski definition) is 2. The van der Waals surface area contributed by atoms with Crippen LogP contribution in [0.25, 0.3) is 0 Å². The number of hydrogen-bond acceptors (Lipinski definition) is 3. The third-order valence-corrected chi connectivity index (χ3v) is 3.32. The van der Waals surface area contributed by atoms with E-state index in [0.717, 1.165) is 11.1 Å². The van der Waals surface area contributed by atoms with Crippen molar-refractivity contribution in [3.8, 4) is 0 Å². The van der Waals surface area contributed by atoms with Crippen LogP contribution in [0.4, 0.5) is 4.39 Å². The number of nitrogens with one attached hydrogen (secondary N) is 1. The summed E-state index contributed by atoms with van der Waals surface area (Å²) in [6.45, 7) is 3.69. The second-order valence-electron chi connectivity index (χ2n) is 4.45. The lowest BCUT2D eigenvalue weighted by Gasteiger charge is -2.20. The summed E-state index contributed by atoms with van der Waals surface area (Å²) in [5.74, 6) is 5.25. The summed E-state index contributed by atoms with van der Waals surface area (Å²) in [4.78, 5) is 4.19. The van der Waals surface area contributed by atoms with E-state index in [1.165, 1.54) is 6.07 Å². The molecule has 1 aromatic heterocycles. The second kappa shape index (κ2) is 5.65. The Labute approximate surface area is 116 Å². The van der Waals surface area contributed by atoms with E-state index < -0.39 is 6.04 Å². The van der Waals surface area contributed by atoms with E-state index in [0.29, 0.717) is 16.3 Å². The van der Waals surface area contributed by atoms with Crippen LogP contribution < -0.4 is 11.3 Å². The number of halogens is 2. The maximum absolute atomic E-state index is 14.2. The topological polar surface area (TPSA) is 50.9 Å². The van der Waals surface area contributed by atoms with E-state index in [-0.39, 0.29) is 5.82 Å². The van der Waals surface area contributed by atoms with E-state index in [9.17, 15) is 4.39 Å². The van der Waals surface area contributed by atoms with Gasteiger partial charge in [0, 0.05) is 11.8 Å². The van der Waals surface area contributed by atoms with E-state index in [2.05, 4.69) is 10.4 Å². The largest absolute Gasteiger partial charge is 0.271 e. The second-order valence-corrected chi connectivity index (χ2v) is 4.85. The first kappa shape index (κ1) is 13.9. The zero-order valence-corrected chi connectivity index (χ0v) is 11.5. The normalized spacial score (nSPS) is 12.5. The molecule has 0 aliphatic rings. The Morgan fingerprint density at radius 3 is 2.68 bits per heavy atom. The number of pyridine rings is 1. The number of benzene rings is 1. The van der Waals surface area contributed by atoms with Gasteiger partial charge in [-0.3, -0.25) is 10.8 Å². The van der Waals surface area contributed by atoms with Gasteiger partial charge >= 0.3 is 0 Å². The molecule has 2 rings (SSSR count). The molecule has 1 heterocycles. The lowest BCUT2D eigenvalue weighted by Crippen LogP contribution is -2.31. The fourth-order valence-corrected chi connectivity index (χ4v) is 2.43. The van der Waals surface area contributed by atoms with Crippen molar-refractivity contribution in [1.29, 1.82) is 0 Å². The Kier molecular flexibility index (Phi) is 4.14. The number of rotatable bonds is 3. The fourth-order valence-electron chi connectivity index (χ4n) is 2.20. The standard InChI is InChI=1S/C14H15ClFN3/c1-8-6-9(2)12(11(16)7-8)14(19-17)13-10(15)4-3-5-18-13/h3-7,14,19H,17H2,1-2H3. The third-order valence-electron chi connectivity index (χ3n) is 3.00. The molecule has 100 valence electrons. The monoisotopic (exact) mass is 279 g/mol. The minimum absolute atomic E-state index is 0.317. The summed E-state index contributed by atoms with van der Waals surface area (Å²) in [5.41, 5.74) is 5.24. The van der Waals surface area contributed by atoms with Gasteiger partial charge in [0.25, 0.3) is 0 Å². The van der Waals surface area contributed by atoms with Crippen LogP contribution in [0.3, 0.4) is 0 Å². The van der Waals surface area contributed by atoms with E-state index in [1.807, 2.05) is 19.9 Å². The Hall–Kier alpha value is -1.49. The van der Waals surface area contributed by atoms with Gasteiger partial charge in [0.1, 0.15) is 5.82 Å². The highest BCUT2D eigenvalue weighted by molar-refractivity contribution is 6.31. The lowest BCUT2D eigenvalue weighted by atomic mass is 9.96. The van der Waals surface area contributed by atoms with Crippen LogP contribution in [-0.4, -0.2) is 4.98 Å². The molecule has 0 aliphatic carbocycles. The smallest absolute Gasteiger partial charge is 0.128 e. The summed E-state index contributed by atoms with van der Waals surface area (Å²) in [6, 6.07) is 6.23. The molecule has 0 saturated heterocycles. The summed E-state index contributed by atoms with van der Waals surface area (Å²) in [6.07, 6.45) is 1.60. The van der Waals surface area contributed by atoms with Crippen LogP contribution >= 0.6 is 11.6 Å². The Morgan fingerprint density at radius 2 is 2.11 bits per heavy atom. The predicted molar refractivity (Wildman–Crippen MR) is 74.3 cm³/mol. The number of nitrogens with zero attached hydrogens (tertiary/aromatic N) is 1. The highest BCUT2D eigenvalue weighted by Crippen LogP contribution is 2.30. The molecule has 0 saturated carbocycles. The number of hydrazine groups is 1. The molecule has 1 unspecified atom stereocenters. The number of nitrogens with two attached hydrogens (primary N) is 1. The highest BCUT2D eigenvalue weighted by Gasteiger charge is 2.22. The van der Waals surface area contributed by atoms with Crippen LogP contribution in [0.1, 0.15) is 28.4 Å². The van der Waals surface area contributed by atoms with Gasteiger partial charge in [-0.2, -0.15) is 0 Å². The van der Waals surface area contributed by atoms with Gasteiger partial charge in [0.15, 0.2) is 0 Å². The maximum Gasteiger partial charge on any atom is 0.128 e. The van der Waals surface area contributed by atoms with E-state index in [4.69, 9.17) is 17.4 Å². The van der Waals surface area contributed by atoms with Crippen LogP contribution in [0.2, 0.25) is 5.02 Å². The first-order valence-corrected chi connectivity index (χ1v) is 6.25. The molecule has 0 amide bonds. The van der Waals surface area contributed by atoms with Crippen LogP contribution in [0.15, 0.2) is 30.5 Å². The molecule has 0 aliphatic heterocycles. The molecule has 5 heteroatoms. The van der Waals surface area contributed by atoms with Crippen molar-refractivity contribution in [2.45, 2.75) is 19.9 Å². The molecule has 2 aromatic rings. The molecule has 19 heavy (non-hydrogen) atoms. The van der Waals surface area contributed by atoms with Crippen molar-refractivity contribution < 1.29 is 4.39 Å². The number of aryl methyl sites for hydroxylation is 2. The molecule has 0 bridgehead atoms. The Morgan fingerprint density at radius 1 is 1.37 bits per heavy atom. The van der Waals surface area contributed by atoms with E-state index in [1.54, 1.807) is 18.3 Å². The van der Waals surface area contributed by atoms with Crippen molar-refractivity contribution in [3.05, 3.63) is 63.7 Å². The molecular weight excluding hydrogens is 265 g/mol. The number of aromatic nitrogens is 1. The van der Waals surface area contributed by atoms with Gasteiger partial charge in [-0.15, -0.1) is 0 Å². The summed E-state index contributed by atoms with van der Waals surface area (Å²) >= 11 is 6.10. The minimum Gasteiger partial charge on any atom is -0.271 e. The SMILES string of the molecule is Cc1cc(C)c(C(NN)c2ncccc2Cl)c(F)c1. The van der Waals surface area contributed by atoms with Gasteiger partial charge < -0.3 is 0 Å². The van der Waals surface area contributed by atoms with E-state index >= 15 is 0 Å². The fraction of sp³-hybridized carbons (Fsp3) is 0.214. The predicted octanol–water partition coefficient (Wildman–Crippen LogP) is 3.04. The van der Waals surface area contributed by atoms with Crippen LogP contribution in [0, 0.1) is 19.7 Å². The van der Waals surface area contributed by atoms with Gasteiger partial charge in [-0.05, 0) is 43.2 Å². The third kappa shape index (κ3) is 2.76. The van der Waals surface area contributed by atoms with Crippen molar-refractivity contribution in [2.24, 2.45) is 5.84 Å². The van der Waals surface area contributed by atoms with Gasteiger partial charge in [-0.1, -0.05) is 17.7 Å².